The molecule has 1 fully saturated rings. The molecule has 31 heteroatoms. The lowest BCUT2D eigenvalue weighted by atomic mass is 9.89. The molecule has 12 N–H and O–H groups in total. The number of thiazole rings is 1. The largest absolute Gasteiger partial charge is 0.445 e. The van der Waals surface area contributed by atoms with Gasteiger partial charge in [-0.25, -0.2) is 24.4 Å². The van der Waals surface area contributed by atoms with E-state index in [4.69, 9.17) is 24.7 Å². The maximum atomic E-state index is 14.8. The predicted octanol–water partition coefficient (Wildman–Crippen LogP) is 6.54. The minimum Gasteiger partial charge on any atom is -0.445 e. The molecule has 0 saturated carbocycles. The number of aromatic nitrogens is 3. The Bertz CT molecular complexity index is 3430. The first-order valence-electron chi connectivity index (χ1n) is 35.6. The summed E-state index contributed by atoms with van der Waals surface area (Å²) >= 11 is 1.46. The molecule has 1 aliphatic rings. The van der Waals surface area contributed by atoms with Gasteiger partial charge in [0.05, 0.1) is 55.2 Å². The van der Waals surface area contributed by atoms with Crippen molar-refractivity contribution >= 4 is 82.5 Å². The van der Waals surface area contributed by atoms with Gasteiger partial charge in [-0.15, -0.1) is 11.3 Å². The highest BCUT2D eigenvalue weighted by molar-refractivity contribution is 7.09. The SMILES string of the molecule is CC[C@H](C)[C@@H]([C@@H](CC(=O)N1CCC[C@H]1[C@H](OC)[C@@H](C)C(=O)N[C@@H](Cc1ccccc1)c1nccs1)OC)N(C)C(=O)[C@@H](NC(=O)C(C)(C)NC(=O)OCc1ccc(NC(=O)[C@H](CCCNC(N)=O)NC(=O)[C@@H](NC(=O)[C@H](CCCCNC(=O)OC(C)(C)C)NC(=O)c2cnc[nH]2)C(C)C)cc1)C(C)C. The first-order valence-corrected chi connectivity index (χ1v) is 36.5. The monoisotopic (exact) mass is 1470 g/mol. The summed E-state index contributed by atoms with van der Waals surface area (Å²) in [6, 6.07) is 9.26. The number of likely N-dealkylation sites (N-methyl/N-ethyl adjacent to an activating group) is 1. The number of aromatic amines is 1. The van der Waals surface area contributed by atoms with Crippen molar-refractivity contribution in [1.82, 2.24) is 67.3 Å². The number of nitrogens with zero attached hydrogens (tertiary/aromatic N) is 4. The molecule has 11 atom stereocenters. The van der Waals surface area contributed by atoms with E-state index in [1.807, 2.05) is 56.5 Å². The van der Waals surface area contributed by atoms with Crippen LogP contribution in [0, 0.1) is 23.7 Å². The Labute approximate surface area is 614 Å². The molecule has 574 valence electrons. The molecule has 5 rings (SSSR count). The highest BCUT2D eigenvalue weighted by atomic mass is 32.1. The summed E-state index contributed by atoms with van der Waals surface area (Å²) in [5.41, 5.74) is 4.88. The summed E-state index contributed by atoms with van der Waals surface area (Å²) < 4.78 is 23.0. The molecule has 0 spiro atoms. The van der Waals surface area contributed by atoms with Crippen LogP contribution in [0.4, 0.5) is 20.1 Å². The van der Waals surface area contributed by atoms with E-state index in [2.05, 4.69) is 62.8 Å². The number of hydrogen-bond donors (Lipinski definition) is 11. The third-order valence-corrected chi connectivity index (χ3v) is 19.1. The molecule has 104 heavy (non-hydrogen) atoms. The van der Waals surface area contributed by atoms with Gasteiger partial charge in [0.2, 0.25) is 41.4 Å². The first-order chi connectivity index (χ1) is 49.2. The van der Waals surface area contributed by atoms with E-state index in [1.54, 1.807) is 98.0 Å². The van der Waals surface area contributed by atoms with Crippen molar-refractivity contribution < 1.29 is 71.7 Å². The fraction of sp³-hybridized carbons (Fsp3) is 0.603. The molecule has 3 heterocycles. The van der Waals surface area contributed by atoms with Crippen LogP contribution in [0.3, 0.4) is 0 Å². The quantitative estimate of drug-likeness (QED) is 0.0211. The van der Waals surface area contributed by atoms with Crippen LogP contribution in [0.5, 0.6) is 0 Å². The number of unbranched alkanes of at least 4 members (excludes halogenated alkanes) is 1. The molecule has 4 aromatic rings. The fourth-order valence-electron chi connectivity index (χ4n) is 12.2. The Hall–Kier alpha value is -9.23. The summed E-state index contributed by atoms with van der Waals surface area (Å²) in [6.45, 7) is 21.3. The van der Waals surface area contributed by atoms with Crippen LogP contribution >= 0.6 is 11.3 Å². The number of rotatable bonds is 40. The zero-order chi connectivity index (χ0) is 77.0. The van der Waals surface area contributed by atoms with E-state index in [0.29, 0.717) is 56.3 Å². The zero-order valence-corrected chi connectivity index (χ0v) is 63.6. The van der Waals surface area contributed by atoms with E-state index < -0.39 is 131 Å². The van der Waals surface area contributed by atoms with Gasteiger partial charge < -0.3 is 87.3 Å². The van der Waals surface area contributed by atoms with Crippen LogP contribution in [-0.2, 0) is 65.5 Å². The predicted molar refractivity (Wildman–Crippen MR) is 392 cm³/mol. The van der Waals surface area contributed by atoms with Gasteiger partial charge in [0, 0.05) is 58.2 Å². The number of carbonyl (C=O) groups is 11. The van der Waals surface area contributed by atoms with Crippen molar-refractivity contribution in [2.45, 2.75) is 220 Å². The smallest absolute Gasteiger partial charge is 0.408 e. The summed E-state index contributed by atoms with van der Waals surface area (Å²) in [7, 11) is 4.68. The number of nitrogens with one attached hydrogen (secondary N) is 10. The lowest BCUT2D eigenvalue weighted by Crippen LogP contribution is -2.62. The Balaban J connectivity index is 1.18. The van der Waals surface area contributed by atoms with E-state index in [0.717, 1.165) is 10.6 Å². The third kappa shape index (κ3) is 26.8. The first kappa shape index (κ1) is 85.4. The van der Waals surface area contributed by atoms with E-state index in [9.17, 15) is 52.7 Å². The lowest BCUT2D eigenvalue weighted by Gasteiger charge is -2.41. The molecule has 0 aliphatic carbocycles. The van der Waals surface area contributed by atoms with Crippen LogP contribution in [-0.4, -0.2) is 191 Å². The molecule has 0 unspecified atom stereocenters. The number of ether oxygens (including phenoxy) is 4. The number of amides is 12. The number of urea groups is 1. The second kappa shape index (κ2) is 41.3. The Morgan fingerprint density at radius 1 is 0.740 bits per heavy atom. The number of benzene rings is 2. The topological polar surface area (TPSA) is 407 Å². The molecule has 2 aromatic carbocycles. The Morgan fingerprint density at radius 2 is 1.40 bits per heavy atom. The summed E-state index contributed by atoms with van der Waals surface area (Å²) in [5.74, 6) is -6.03. The minimum absolute atomic E-state index is 0.0177. The standard InChI is InChI=1S/C73H111N15O15S/c1-16-45(6)59(55(100-14)39-56(89)88-36-23-28-54(88)60(101-15)46(7)61(90)83-52(66-76-35-37-104-66)38-47-24-18-17-19-25-47)87(13)67(95)58(44(4)5)85-68(96)73(11,12)86-71(99)102-41-48-29-31-49(32-30-48)80-62(91)51(27-22-34-77-69(74)97)82-65(94)57(43(2)3)84-63(92)50(81-64(93)53-40-75-42-79-53)26-20-21-33-78-70(98)103-72(8,9)10/h17-19,24-25,29-32,35,37,40,42-46,50-52,54-55,57-60H,16,20-23,26-28,33-34,36,38-39,41H2,1-15H3,(H,75,79)(H,78,98)(H,80,91)(H,81,93)(H,82,94)(H,83,90)(H,84,92)(H,85,96)(H,86,99)(H3,74,77,97)/t45-,46+,50-,51-,52-,54-,55+,57-,58-,59-,60+/m0/s1. The number of carbonyl (C=O) groups excluding carboxylic acids is 11. The van der Waals surface area contributed by atoms with Gasteiger partial charge in [-0.2, -0.15) is 0 Å². The number of imidazole rings is 1. The molecular weight excluding hydrogens is 1360 g/mol. The number of hydrogen-bond acceptors (Lipinski definition) is 18. The fourth-order valence-corrected chi connectivity index (χ4v) is 12.9. The average Bonchev–Trinajstić information content (AvgIpc) is 1.51. The van der Waals surface area contributed by atoms with E-state index in [-0.39, 0.29) is 74.8 Å². The lowest BCUT2D eigenvalue weighted by molar-refractivity contribution is -0.148. The average molecular weight is 1470 g/mol. The van der Waals surface area contributed by atoms with E-state index in [1.165, 1.54) is 49.7 Å². The molecular formula is C73H111N15O15S. The number of primary amides is 1. The number of methoxy groups -OCH3 is 2. The summed E-state index contributed by atoms with van der Waals surface area (Å²) in [6.07, 6.45) is 4.82. The van der Waals surface area contributed by atoms with Crippen LogP contribution < -0.4 is 53.6 Å². The van der Waals surface area contributed by atoms with Crippen molar-refractivity contribution in [3.05, 3.63) is 101 Å². The van der Waals surface area contributed by atoms with Crippen molar-refractivity contribution in [2.75, 3.05) is 46.2 Å². The number of likely N-dealkylation sites (tertiary alicyclic amines) is 1. The van der Waals surface area contributed by atoms with Gasteiger partial charge >= 0.3 is 18.2 Å². The number of alkyl carbamates (subject to hydrolysis) is 2. The summed E-state index contributed by atoms with van der Waals surface area (Å²) in [4.78, 5) is 165. The zero-order valence-electron chi connectivity index (χ0n) is 62.8. The Morgan fingerprint density at radius 3 is 2.00 bits per heavy atom. The Kier molecular flexibility index (Phi) is 33.9. The number of anilines is 1. The number of H-pyrrole nitrogens is 1. The maximum Gasteiger partial charge on any atom is 0.408 e. The second-order valence-electron chi connectivity index (χ2n) is 28.6. The van der Waals surface area contributed by atoms with Gasteiger partial charge in [-0.3, -0.25) is 38.4 Å². The number of nitrogens with two attached hydrogens (primary N) is 1. The van der Waals surface area contributed by atoms with Gasteiger partial charge in [0.25, 0.3) is 5.91 Å². The van der Waals surface area contributed by atoms with Gasteiger partial charge in [0.15, 0.2) is 0 Å². The van der Waals surface area contributed by atoms with E-state index >= 15 is 0 Å². The van der Waals surface area contributed by atoms with Crippen molar-refractivity contribution in [3.8, 4) is 0 Å². The molecule has 1 aliphatic heterocycles. The molecule has 30 nitrogen and oxygen atoms in total. The maximum absolute atomic E-state index is 14.8. The normalized spacial score (nSPS) is 16.0. The molecule has 2 aromatic heterocycles. The molecule has 0 radical (unpaired) electrons. The van der Waals surface area contributed by atoms with Crippen LogP contribution in [0.15, 0.2) is 78.7 Å². The minimum atomic E-state index is -1.61. The van der Waals surface area contributed by atoms with Gasteiger partial charge in [0.1, 0.15) is 52.6 Å². The highest BCUT2D eigenvalue weighted by Crippen LogP contribution is 2.31. The third-order valence-electron chi connectivity index (χ3n) is 18.2. The van der Waals surface area contributed by atoms with Crippen molar-refractivity contribution in [1.29, 1.82) is 0 Å². The van der Waals surface area contributed by atoms with Crippen LogP contribution in [0.1, 0.15) is 174 Å². The molecule has 0 bridgehead atoms. The van der Waals surface area contributed by atoms with Gasteiger partial charge in [-0.05, 0) is 127 Å². The van der Waals surface area contributed by atoms with Crippen LogP contribution in [0.2, 0.25) is 0 Å². The summed E-state index contributed by atoms with van der Waals surface area (Å²) in [5, 5.41) is 27.4. The highest BCUT2D eigenvalue weighted by Gasteiger charge is 2.44. The molecule has 12 amide bonds. The van der Waals surface area contributed by atoms with Crippen molar-refractivity contribution in [2.24, 2.45) is 29.4 Å². The van der Waals surface area contributed by atoms with Crippen molar-refractivity contribution in [3.63, 3.8) is 0 Å². The van der Waals surface area contributed by atoms with Gasteiger partial charge in [-0.1, -0.05) is 97.4 Å². The second-order valence-corrected chi connectivity index (χ2v) is 29.5. The molecule has 1 saturated heterocycles. The van der Waals surface area contributed by atoms with Crippen LogP contribution in [0.25, 0.3) is 0 Å².